The molecule has 0 saturated carbocycles. The molecule has 0 aromatic carbocycles. The van der Waals surface area contributed by atoms with Gasteiger partial charge >= 0.3 is 17.9 Å². The number of unbranched alkanes of at least 4 members (excludes halogenated alkanes) is 54. The van der Waals surface area contributed by atoms with Gasteiger partial charge in [-0.2, -0.15) is 0 Å². The van der Waals surface area contributed by atoms with Gasteiger partial charge in [0.1, 0.15) is 13.2 Å². The molecule has 0 rings (SSSR count). The van der Waals surface area contributed by atoms with Crippen molar-refractivity contribution in [3.05, 3.63) is 24.3 Å². The molecule has 1 unspecified atom stereocenters. The Kier molecular flexibility index (Phi) is 68.5. The molecule has 478 valence electrons. The smallest absolute Gasteiger partial charge is 0.306 e. The van der Waals surface area contributed by atoms with Crippen LogP contribution in [0, 0.1) is 0 Å². The lowest BCUT2D eigenvalue weighted by atomic mass is 10.0. The highest BCUT2D eigenvalue weighted by molar-refractivity contribution is 5.71. The number of hydrogen-bond acceptors (Lipinski definition) is 6. The minimum atomic E-state index is -0.775. The van der Waals surface area contributed by atoms with Gasteiger partial charge in [-0.05, 0) is 51.4 Å². The van der Waals surface area contributed by atoms with Gasteiger partial charge in [0.2, 0.25) is 0 Å². The molecule has 0 saturated heterocycles. The third-order valence-corrected chi connectivity index (χ3v) is 17.0. The van der Waals surface area contributed by atoms with Crippen LogP contribution in [-0.4, -0.2) is 37.2 Å². The number of esters is 3. The molecule has 0 N–H and O–H groups in total. The van der Waals surface area contributed by atoms with Crippen molar-refractivity contribution in [2.45, 2.75) is 425 Å². The zero-order chi connectivity index (χ0) is 58.5. The summed E-state index contributed by atoms with van der Waals surface area (Å²) in [6.45, 7) is 6.68. The minimum absolute atomic E-state index is 0.0710. The number of rotatable bonds is 69. The monoisotopic (exact) mass is 1140 g/mol. The first-order chi connectivity index (χ1) is 40.0. The first-order valence-electron chi connectivity index (χ1n) is 36.8. The second-order valence-corrected chi connectivity index (χ2v) is 25.2. The van der Waals surface area contributed by atoms with Gasteiger partial charge in [-0.15, -0.1) is 0 Å². The van der Waals surface area contributed by atoms with Crippen LogP contribution in [0.25, 0.3) is 0 Å². The van der Waals surface area contributed by atoms with Gasteiger partial charge in [0, 0.05) is 19.3 Å². The molecule has 1 atom stereocenters. The fourth-order valence-corrected chi connectivity index (χ4v) is 11.4. The van der Waals surface area contributed by atoms with Gasteiger partial charge in [-0.3, -0.25) is 14.4 Å². The highest BCUT2D eigenvalue weighted by Gasteiger charge is 2.19. The van der Waals surface area contributed by atoms with Crippen LogP contribution in [0.15, 0.2) is 24.3 Å². The quantitative estimate of drug-likeness (QED) is 0.0261. The van der Waals surface area contributed by atoms with E-state index in [0.717, 1.165) is 77.0 Å². The Morgan fingerprint density at radius 2 is 0.444 bits per heavy atom. The first-order valence-corrected chi connectivity index (χ1v) is 36.8. The van der Waals surface area contributed by atoms with Crippen LogP contribution < -0.4 is 0 Å². The Morgan fingerprint density at radius 3 is 0.691 bits per heavy atom. The number of hydrogen-bond donors (Lipinski definition) is 0. The van der Waals surface area contributed by atoms with Crippen molar-refractivity contribution >= 4 is 17.9 Å². The Bertz CT molecular complexity index is 1310. The topological polar surface area (TPSA) is 78.9 Å². The van der Waals surface area contributed by atoms with E-state index in [9.17, 15) is 14.4 Å². The van der Waals surface area contributed by atoms with Crippen molar-refractivity contribution in [2.75, 3.05) is 13.2 Å². The van der Waals surface area contributed by atoms with E-state index < -0.39 is 6.10 Å². The van der Waals surface area contributed by atoms with Crippen LogP contribution in [0.2, 0.25) is 0 Å². The fourth-order valence-electron chi connectivity index (χ4n) is 11.4. The molecular weight excluding hydrogens is 997 g/mol. The van der Waals surface area contributed by atoms with E-state index in [-0.39, 0.29) is 31.1 Å². The number of carbonyl (C=O) groups excluding carboxylic acids is 3. The van der Waals surface area contributed by atoms with Gasteiger partial charge in [0.05, 0.1) is 0 Å². The van der Waals surface area contributed by atoms with E-state index in [1.54, 1.807) is 0 Å². The lowest BCUT2D eigenvalue weighted by molar-refractivity contribution is -0.167. The van der Waals surface area contributed by atoms with Crippen LogP contribution in [0.1, 0.15) is 419 Å². The van der Waals surface area contributed by atoms with E-state index in [1.165, 1.54) is 302 Å². The molecule has 0 aliphatic rings. The number of ether oxygens (including phenoxy) is 3. The molecular formula is C75H142O6. The lowest BCUT2D eigenvalue weighted by Crippen LogP contribution is -2.30. The highest BCUT2D eigenvalue weighted by Crippen LogP contribution is 2.19. The average Bonchev–Trinajstić information content (AvgIpc) is 3.47. The standard InChI is InChI=1S/C75H142O6/c1-4-7-10-13-16-19-22-25-27-29-30-31-32-33-34-35-36-37-38-39-40-41-42-43-44-45-46-47-49-50-53-56-59-62-65-68-74(77)80-71-72(70-79-73(76)67-64-61-58-55-52-24-21-18-15-12-9-6-3)81-75(78)69-66-63-60-57-54-51-48-28-26-23-20-17-14-11-8-5-2/h20,23,28,48,72H,4-19,21-22,24-27,29-47,49-71H2,1-3H3/b23-20-,48-28-. The lowest BCUT2D eigenvalue weighted by Gasteiger charge is -2.18. The average molecular weight is 1140 g/mol. The summed E-state index contributed by atoms with van der Waals surface area (Å²) in [4.78, 5) is 38.3. The molecule has 0 aliphatic heterocycles. The van der Waals surface area contributed by atoms with E-state index in [0.29, 0.717) is 19.3 Å². The predicted octanol–water partition coefficient (Wildman–Crippen LogP) is 25.3. The molecule has 0 aromatic heterocycles. The fraction of sp³-hybridized carbons (Fsp3) is 0.907. The highest BCUT2D eigenvalue weighted by atomic mass is 16.6. The molecule has 0 heterocycles. The zero-order valence-corrected chi connectivity index (χ0v) is 55.1. The van der Waals surface area contributed by atoms with E-state index in [4.69, 9.17) is 14.2 Å². The maximum Gasteiger partial charge on any atom is 0.306 e. The Labute approximate surface area is 506 Å². The molecule has 0 bridgehead atoms. The number of carbonyl (C=O) groups is 3. The third-order valence-electron chi connectivity index (χ3n) is 17.0. The van der Waals surface area contributed by atoms with E-state index >= 15 is 0 Å². The molecule has 0 amide bonds. The third kappa shape index (κ3) is 68.6. The summed E-state index contributed by atoms with van der Waals surface area (Å²) in [7, 11) is 0. The first kappa shape index (κ1) is 78.9. The van der Waals surface area contributed by atoms with Crippen molar-refractivity contribution in [2.24, 2.45) is 0 Å². The summed E-state index contributed by atoms with van der Waals surface area (Å²) < 4.78 is 16.9. The van der Waals surface area contributed by atoms with Crippen LogP contribution in [0.4, 0.5) is 0 Å². The Morgan fingerprint density at radius 1 is 0.247 bits per heavy atom. The summed E-state index contributed by atoms with van der Waals surface area (Å²) in [5.41, 5.74) is 0. The van der Waals surface area contributed by atoms with Gasteiger partial charge in [0.25, 0.3) is 0 Å². The summed E-state index contributed by atoms with van der Waals surface area (Å²) in [6.07, 6.45) is 86.7. The van der Waals surface area contributed by atoms with Crippen molar-refractivity contribution in [1.29, 1.82) is 0 Å². The molecule has 0 radical (unpaired) electrons. The second kappa shape index (κ2) is 70.4. The maximum absolute atomic E-state index is 12.9. The van der Waals surface area contributed by atoms with Crippen LogP contribution in [-0.2, 0) is 28.6 Å². The van der Waals surface area contributed by atoms with Gasteiger partial charge < -0.3 is 14.2 Å². The van der Waals surface area contributed by atoms with Crippen LogP contribution >= 0.6 is 0 Å². The molecule has 0 spiro atoms. The molecule has 6 nitrogen and oxygen atoms in total. The van der Waals surface area contributed by atoms with Crippen LogP contribution in [0.5, 0.6) is 0 Å². The summed E-state index contributed by atoms with van der Waals surface area (Å²) in [5, 5.41) is 0. The Hall–Kier alpha value is -2.11. The largest absolute Gasteiger partial charge is 0.462 e. The SMILES string of the molecule is CCCCCC/C=C\C/C=C\CCCCCCCC(=O)OC(COC(=O)CCCCCCCCCCCCCC)COC(=O)CCCCCCCCCCCCCCCCCCCCCCCCCCCCCCCCCCCCC. The van der Waals surface area contributed by atoms with E-state index in [2.05, 4.69) is 45.1 Å². The molecule has 81 heavy (non-hydrogen) atoms. The second-order valence-electron chi connectivity index (χ2n) is 25.2. The summed E-state index contributed by atoms with van der Waals surface area (Å²) >= 11 is 0. The van der Waals surface area contributed by atoms with Gasteiger partial charge in [-0.25, -0.2) is 0 Å². The normalized spacial score (nSPS) is 12.1. The molecule has 0 aromatic rings. The Balaban J connectivity index is 4.02. The summed E-state index contributed by atoms with van der Waals surface area (Å²) in [5.74, 6) is -0.856. The molecule has 0 aliphatic carbocycles. The minimum Gasteiger partial charge on any atom is -0.462 e. The predicted molar refractivity (Wildman–Crippen MR) is 353 cm³/mol. The zero-order valence-electron chi connectivity index (χ0n) is 55.1. The van der Waals surface area contributed by atoms with Gasteiger partial charge in [-0.1, -0.05) is 373 Å². The van der Waals surface area contributed by atoms with Crippen molar-refractivity contribution in [1.82, 2.24) is 0 Å². The van der Waals surface area contributed by atoms with Crippen molar-refractivity contribution < 1.29 is 28.6 Å². The van der Waals surface area contributed by atoms with Gasteiger partial charge in [0.15, 0.2) is 6.10 Å². The van der Waals surface area contributed by atoms with Crippen molar-refractivity contribution in [3.63, 3.8) is 0 Å². The van der Waals surface area contributed by atoms with Crippen LogP contribution in [0.3, 0.4) is 0 Å². The summed E-state index contributed by atoms with van der Waals surface area (Å²) in [6, 6.07) is 0. The molecule has 6 heteroatoms. The number of allylic oxidation sites excluding steroid dienone is 4. The van der Waals surface area contributed by atoms with Crippen molar-refractivity contribution in [3.8, 4) is 0 Å². The van der Waals surface area contributed by atoms with E-state index in [1.807, 2.05) is 0 Å². The maximum atomic E-state index is 12.9. The molecule has 0 fully saturated rings.